The highest BCUT2D eigenvalue weighted by Crippen LogP contribution is 2.24. The Hall–Kier alpha value is -1.33. The van der Waals surface area contributed by atoms with Gasteiger partial charge in [0.2, 0.25) is 0 Å². The average molecular weight is 251 g/mol. The Kier molecular flexibility index (Phi) is 4.09. The maximum absolute atomic E-state index is 12.1. The Labute approximate surface area is 92.7 Å². The maximum atomic E-state index is 12.1. The summed E-state index contributed by atoms with van der Waals surface area (Å²) in [4.78, 5) is 12.9. The van der Waals surface area contributed by atoms with Crippen LogP contribution in [0.15, 0.2) is 10.2 Å². The van der Waals surface area contributed by atoms with Gasteiger partial charge in [-0.25, -0.2) is 0 Å². The normalized spacial score (nSPS) is 13.4. The molecule has 1 unspecified atom stereocenters. The maximum Gasteiger partial charge on any atom is 0.405 e. The van der Waals surface area contributed by atoms with Crippen molar-refractivity contribution >= 4 is 11.3 Å². The quantitative estimate of drug-likeness (QED) is 0.845. The van der Waals surface area contributed by atoms with Gasteiger partial charge in [0.05, 0.1) is 6.07 Å². The Balaban J connectivity index is 2.41. The van der Waals surface area contributed by atoms with E-state index < -0.39 is 18.6 Å². The van der Waals surface area contributed by atoms with E-state index in [1.807, 2.05) is 0 Å². The summed E-state index contributed by atoms with van der Waals surface area (Å²) in [5.41, 5.74) is 0.508. The zero-order valence-corrected chi connectivity index (χ0v) is 8.78. The van der Waals surface area contributed by atoms with Crippen molar-refractivity contribution in [2.75, 3.05) is 6.54 Å². The van der Waals surface area contributed by atoms with Gasteiger partial charge in [-0.1, -0.05) is 11.3 Å². The molecule has 0 aromatic carbocycles. The summed E-state index contributed by atoms with van der Waals surface area (Å²) in [6.07, 6.45) is -4.52. The fourth-order valence-electron chi connectivity index (χ4n) is 0.986. The molecule has 0 radical (unpaired) electrons. The summed E-state index contributed by atoms with van der Waals surface area (Å²) >= 11 is 0.936. The molecule has 0 amide bonds. The molecule has 1 rings (SSSR count). The van der Waals surface area contributed by atoms with E-state index in [2.05, 4.69) is 10.3 Å². The third kappa shape index (κ3) is 3.67. The number of nitrogens with one attached hydrogen (secondary N) is 2. The van der Waals surface area contributed by atoms with Crippen molar-refractivity contribution in [1.29, 1.82) is 5.26 Å². The molecule has 0 bridgehead atoms. The van der Waals surface area contributed by atoms with E-state index in [9.17, 15) is 18.0 Å². The molecule has 0 fully saturated rings. The standard InChI is InChI=1S/C8H8F3N3OS/c9-8(10,11)5(1-12)2-13-3-6-4-16-7(15)14-6/h4-5,13H,2-3H2,(H,14,15). The zero-order chi connectivity index (χ0) is 12.2. The number of nitriles is 1. The summed E-state index contributed by atoms with van der Waals surface area (Å²) in [6, 6.07) is 1.18. The van der Waals surface area contributed by atoms with Gasteiger partial charge in [0.1, 0.15) is 0 Å². The van der Waals surface area contributed by atoms with Crippen molar-refractivity contribution in [2.45, 2.75) is 12.7 Å². The zero-order valence-electron chi connectivity index (χ0n) is 7.97. The molecule has 0 aliphatic rings. The largest absolute Gasteiger partial charge is 0.405 e. The topological polar surface area (TPSA) is 68.7 Å². The van der Waals surface area contributed by atoms with Crippen LogP contribution in [0.5, 0.6) is 0 Å². The van der Waals surface area contributed by atoms with Crippen LogP contribution < -0.4 is 10.2 Å². The van der Waals surface area contributed by atoms with Crippen LogP contribution in [0.3, 0.4) is 0 Å². The summed E-state index contributed by atoms with van der Waals surface area (Å²) in [5.74, 6) is -2.03. The predicted octanol–water partition coefficient (Wildman–Crippen LogP) is 1.23. The van der Waals surface area contributed by atoms with Crippen molar-refractivity contribution in [3.05, 3.63) is 20.7 Å². The molecule has 0 spiro atoms. The Bertz CT molecular complexity index is 431. The highest BCUT2D eigenvalue weighted by atomic mass is 32.1. The van der Waals surface area contributed by atoms with Crippen LogP contribution in [0.2, 0.25) is 0 Å². The summed E-state index contributed by atoms with van der Waals surface area (Å²) in [6.45, 7) is -0.384. The van der Waals surface area contributed by atoms with E-state index in [1.54, 1.807) is 0 Å². The molecular formula is C8H8F3N3OS. The molecule has 88 valence electrons. The molecule has 2 N–H and O–H groups in total. The second-order valence-electron chi connectivity index (χ2n) is 3.03. The minimum Gasteiger partial charge on any atom is -0.315 e. The number of alkyl halides is 3. The number of aromatic amines is 1. The second kappa shape index (κ2) is 5.14. The minimum atomic E-state index is -4.52. The van der Waals surface area contributed by atoms with Gasteiger partial charge in [-0.3, -0.25) is 4.79 Å². The lowest BCUT2D eigenvalue weighted by Crippen LogP contribution is -2.32. The first-order valence-corrected chi connectivity index (χ1v) is 5.15. The fraction of sp³-hybridized carbons (Fsp3) is 0.500. The van der Waals surface area contributed by atoms with E-state index in [0.29, 0.717) is 5.69 Å². The van der Waals surface area contributed by atoms with E-state index in [-0.39, 0.29) is 11.4 Å². The van der Waals surface area contributed by atoms with Gasteiger partial charge in [-0.05, 0) is 0 Å². The van der Waals surface area contributed by atoms with Crippen molar-refractivity contribution in [1.82, 2.24) is 10.3 Å². The Morgan fingerprint density at radius 2 is 2.31 bits per heavy atom. The van der Waals surface area contributed by atoms with Gasteiger partial charge in [0.15, 0.2) is 5.92 Å². The number of halogens is 3. The minimum absolute atomic E-state index is 0.104. The first-order valence-electron chi connectivity index (χ1n) is 4.27. The van der Waals surface area contributed by atoms with Crippen LogP contribution >= 0.6 is 11.3 Å². The van der Waals surface area contributed by atoms with Crippen LogP contribution in [0.1, 0.15) is 5.69 Å². The number of hydrogen-bond acceptors (Lipinski definition) is 4. The first-order chi connectivity index (χ1) is 7.43. The molecule has 1 aromatic rings. The third-order valence-corrected chi connectivity index (χ3v) is 2.50. The first kappa shape index (κ1) is 12.7. The summed E-state index contributed by atoms with van der Waals surface area (Å²) < 4.78 is 36.4. The van der Waals surface area contributed by atoms with Crippen LogP contribution in [0.4, 0.5) is 13.2 Å². The molecule has 1 heterocycles. The second-order valence-corrected chi connectivity index (χ2v) is 3.87. The number of rotatable bonds is 4. The number of thiazole rings is 1. The van der Waals surface area contributed by atoms with Crippen molar-refractivity contribution in [3.63, 3.8) is 0 Å². The van der Waals surface area contributed by atoms with Gasteiger partial charge in [-0.15, -0.1) is 0 Å². The molecule has 4 nitrogen and oxygen atoms in total. The monoisotopic (exact) mass is 251 g/mol. The lowest BCUT2D eigenvalue weighted by atomic mass is 10.1. The average Bonchev–Trinajstić information content (AvgIpc) is 2.57. The van der Waals surface area contributed by atoms with Crippen LogP contribution in [0, 0.1) is 17.2 Å². The fourth-order valence-corrected chi connectivity index (χ4v) is 1.57. The molecule has 0 aliphatic heterocycles. The highest BCUT2D eigenvalue weighted by molar-refractivity contribution is 7.07. The molecule has 16 heavy (non-hydrogen) atoms. The molecule has 0 saturated heterocycles. The van der Waals surface area contributed by atoms with Gasteiger partial charge >= 0.3 is 11.0 Å². The Morgan fingerprint density at radius 3 is 2.75 bits per heavy atom. The van der Waals surface area contributed by atoms with Gasteiger partial charge in [0, 0.05) is 24.2 Å². The van der Waals surface area contributed by atoms with E-state index in [0.717, 1.165) is 11.3 Å². The molecular weight excluding hydrogens is 243 g/mol. The number of hydrogen-bond donors (Lipinski definition) is 2. The smallest absolute Gasteiger partial charge is 0.315 e. The van der Waals surface area contributed by atoms with E-state index >= 15 is 0 Å². The van der Waals surface area contributed by atoms with Crippen LogP contribution in [-0.4, -0.2) is 17.7 Å². The summed E-state index contributed by atoms with van der Waals surface area (Å²) in [5, 5.41) is 12.3. The van der Waals surface area contributed by atoms with Gasteiger partial charge in [0.25, 0.3) is 0 Å². The van der Waals surface area contributed by atoms with Gasteiger partial charge in [-0.2, -0.15) is 18.4 Å². The lowest BCUT2D eigenvalue weighted by molar-refractivity contribution is -0.157. The summed E-state index contributed by atoms with van der Waals surface area (Å²) in [7, 11) is 0. The number of nitrogens with zero attached hydrogens (tertiary/aromatic N) is 1. The highest BCUT2D eigenvalue weighted by Gasteiger charge is 2.39. The predicted molar refractivity (Wildman–Crippen MR) is 51.8 cm³/mol. The molecule has 0 saturated carbocycles. The Morgan fingerprint density at radius 1 is 1.62 bits per heavy atom. The van der Waals surface area contributed by atoms with E-state index in [1.165, 1.54) is 11.4 Å². The van der Waals surface area contributed by atoms with Crippen LogP contribution in [0.25, 0.3) is 0 Å². The van der Waals surface area contributed by atoms with E-state index in [4.69, 9.17) is 5.26 Å². The third-order valence-electron chi connectivity index (χ3n) is 1.79. The molecule has 0 aliphatic carbocycles. The van der Waals surface area contributed by atoms with Gasteiger partial charge < -0.3 is 10.3 Å². The molecule has 8 heteroatoms. The van der Waals surface area contributed by atoms with Crippen molar-refractivity contribution < 1.29 is 13.2 Å². The number of H-pyrrole nitrogens is 1. The molecule has 1 aromatic heterocycles. The SMILES string of the molecule is N#CC(CNCc1csc(=O)[nH]1)C(F)(F)F. The van der Waals surface area contributed by atoms with Crippen molar-refractivity contribution in [2.24, 2.45) is 5.92 Å². The van der Waals surface area contributed by atoms with Crippen LogP contribution in [-0.2, 0) is 6.54 Å². The number of aromatic nitrogens is 1. The lowest BCUT2D eigenvalue weighted by Gasteiger charge is -2.13. The molecule has 1 atom stereocenters. The van der Waals surface area contributed by atoms with Crippen molar-refractivity contribution in [3.8, 4) is 6.07 Å².